The average molecular weight is 385 g/mol. The van der Waals surface area contributed by atoms with E-state index in [4.69, 9.17) is 0 Å². The van der Waals surface area contributed by atoms with Crippen LogP contribution in [0.4, 0.5) is 0 Å². The molecule has 0 rings (SSSR count). The Labute approximate surface area is 89.5 Å². The van der Waals surface area contributed by atoms with Crippen molar-refractivity contribution in [2.24, 2.45) is 0 Å². The molecular weight excluding hydrogens is 385 g/mol. The molecule has 3 radical (unpaired) electrons. The quantitative estimate of drug-likeness (QED) is 0.515. The summed E-state index contributed by atoms with van der Waals surface area (Å²) in [7, 11) is 0. The Bertz CT molecular complexity index is 11.6. The molecule has 0 saturated carbocycles. The van der Waals surface area contributed by atoms with Crippen LogP contribution in [0.15, 0.2) is 0 Å². The van der Waals surface area contributed by atoms with Crippen molar-refractivity contribution in [3.8, 4) is 0 Å². The molecule has 0 unspecified atom stereocenters. The third-order valence-corrected chi connectivity index (χ3v) is 0. The van der Waals surface area contributed by atoms with Crippen molar-refractivity contribution >= 4 is 0 Å². The van der Waals surface area contributed by atoms with Crippen LogP contribution in [0.1, 0.15) is 0 Å². The maximum Gasteiger partial charge on any atom is 0 e. The zero-order chi connectivity index (χ0) is 0. The molecule has 0 aromatic heterocycles. The second kappa shape index (κ2) is 29.0. The molecule has 0 nitrogen and oxygen atoms in total. The number of hydrogen-bond donors (Lipinski definition) is 0. The van der Waals surface area contributed by atoms with Crippen LogP contribution < -0.4 is 0 Å². The summed E-state index contributed by atoms with van der Waals surface area (Å²) >= 11 is 0. The van der Waals surface area contributed by atoms with Crippen LogP contribution in [-0.4, -0.2) is 0 Å². The van der Waals surface area contributed by atoms with E-state index in [2.05, 4.69) is 0 Å². The van der Waals surface area contributed by atoms with Gasteiger partial charge in [0.2, 0.25) is 0 Å². The standard InChI is InChI=1S/Co.Cu.Mn.Pd.Ru. The van der Waals surface area contributed by atoms with E-state index < -0.39 is 0 Å². The molecule has 0 aliphatic carbocycles. The van der Waals surface area contributed by atoms with Gasteiger partial charge in [0.15, 0.2) is 0 Å². The fourth-order valence-electron chi connectivity index (χ4n) is 0. The van der Waals surface area contributed by atoms with Crippen molar-refractivity contribution in [3.63, 3.8) is 0 Å². The van der Waals surface area contributed by atoms with Gasteiger partial charge in [0.25, 0.3) is 0 Å². The molecule has 0 atom stereocenters. The number of rotatable bonds is 0. The maximum absolute atomic E-state index is 0. The van der Waals surface area contributed by atoms with Crippen LogP contribution in [0.5, 0.6) is 0 Å². The van der Waals surface area contributed by atoms with Crippen molar-refractivity contribution in [3.05, 3.63) is 0 Å². The molecule has 0 aromatic carbocycles. The molecule has 0 N–H and O–H groups in total. The maximum atomic E-state index is 0. The van der Waals surface area contributed by atoms with Crippen molar-refractivity contribution in [2.45, 2.75) is 0 Å². The van der Waals surface area contributed by atoms with Crippen LogP contribution in [-0.2, 0) is 90.8 Å². The van der Waals surface area contributed by atoms with E-state index in [-0.39, 0.29) is 90.8 Å². The minimum atomic E-state index is 0. The molecular formula is CoCuMnPdRu. The fourth-order valence-corrected chi connectivity index (χ4v) is 0. The molecule has 0 heterocycles. The average Bonchev–Trinajstić information content (AvgIpc) is 0. The predicted molar refractivity (Wildman–Crippen MR) is 0 cm³/mol. The zero-order valence-corrected chi connectivity index (χ0v) is 8.14. The van der Waals surface area contributed by atoms with E-state index in [0.29, 0.717) is 0 Å². The van der Waals surface area contributed by atoms with E-state index in [1.807, 2.05) is 0 Å². The van der Waals surface area contributed by atoms with E-state index in [1.165, 1.54) is 0 Å². The molecule has 5 heteroatoms. The third-order valence-electron chi connectivity index (χ3n) is 0. The first-order valence-electron chi connectivity index (χ1n) is 0. The van der Waals surface area contributed by atoms with Crippen molar-refractivity contribution < 1.29 is 90.8 Å². The summed E-state index contributed by atoms with van der Waals surface area (Å²) in [4.78, 5) is 0. The summed E-state index contributed by atoms with van der Waals surface area (Å²) in [5.41, 5.74) is 0. The normalized spacial score (nSPS) is 0. The molecule has 45 valence electrons. The molecule has 0 fully saturated rings. The van der Waals surface area contributed by atoms with E-state index in [0.717, 1.165) is 0 Å². The van der Waals surface area contributed by atoms with Crippen LogP contribution in [0.25, 0.3) is 0 Å². The molecule has 0 bridgehead atoms. The minimum absolute atomic E-state index is 0. The van der Waals surface area contributed by atoms with Crippen molar-refractivity contribution in [2.75, 3.05) is 0 Å². The Balaban J connectivity index is 0. The van der Waals surface area contributed by atoms with Crippen LogP contribution in [0, 0.1) is 0 Å². The molecule has 0 saturated heterocycles. The van der Waals surface area contributed by atoms with Crippen LogP contribution >= 0.6 is 0 Å². The Morgan fingerprint density at radius 3 is 1.00 bits per heavy atom. The summed E-state index contributed by atoms with van der Waals surface area (Å²) in [5.74, 6) is 0. The predicted octanol–water partition coefficient (Wildman–Crippen LogP) is -0.0125. The molecule has 0 aromatic rings. The van der Waals surface area contributed by atoms with Gasteiger partial charge in [-0.15, -0.1) is 0 Å². The van der Waals surface area contributed by atoms with Gasteiger partial charge in [0, 0.05) is 90.8 Å². The monoisotopic (exact) mass is 385 g/mol. The summed E-state index contributed by atoms with van der Waals surface area (Å²) in [6.07, 6.45) is 0. The summed E-state index contributed by atoms with van der Waals surface area (Å²) < 4.78 is 0. The minimum Gasteiger partial charge on any atom is 0 e. The third kappa shape index (κ3) is 19.9. The Hall–Kier alpha value is 2.83. The van der Waals surface area contributed by atoms with Crippen molar-refractivity contribution in [1.82, 2.24) is 0 Å². The molecule has 0 aliphatic rings. The van der Waals surface area contributed by atoms with Gasteiger partial charge in [-0.1, -0.05) is 0 Å². The van der Waals surface area contributed by atoms with E-state index >= 15 is 0 Å². The van der Waals surface area contributed by atoms with Crippen LogP contribution in [0.2, 0.25) is 0 Å². The van der Waals surface area contributed by atoms with Gasteiger partial charge in [0.05, 0.1) is 0 Å². The van der Waals surface area contributed by atoms with Gasteiger partial charge in [-0.05, 0) is 0 Å². The second-order valence-corrected chi connectivity index (χ2v) is 0. The molecule has 0 amide bonds. The summed E-state index contributed by atoms with van der Waals surface area (Å²) in [6, 6.07) is 0. The van der Waals surface area contributed by atoms with E-state index in [1.54, 1.807) is 0 Å². The smallest absolute Gasteiger partial charge is 0 e. The molecule has 0 spiro atoms. The Morgan fingerprint density at radius 1 is 1.00 bits per heavy atom. The van der Waals surface area contributed by atoms with Crippen LogP contribution in [0.3, 0.4) is 0 Å². The molecule has 0 aliphatic heterocycles. The molecule has 5 heavy (non-hydrogen) atoms. The first-order valence-corrected chi connectivity index (χ1v) is 0. The van der Waals surface area contributed by atoms with Gasteiger partial charge < -0.3 is 0 Å². The first-order chi connectivity index (χ1) is 0. The van der Waals surface area contributed by atoms with Gasteiger partial charge in [-0.2, -0.15) is 0 Å². The Morgan fingerprint density at radius 2 is 1.00 bits per heavy atom. The largest absolute Gasteiger partial charge is 0 e. The summed E-state index contributed by atoms with van der Waals surface area (Å²) in [5, 5.41) is 0. The second-order valence-electron chi connectivity index (χ2n) is 0. The van der Waals surface area contributed by atoms with E-state index in [9.17, 15) is 0 Å². The number of hydrogen-bond acceptors (Lipinski definition) is 0. The Kier molecular flexibility index (Phi) is 264. The SMILES string of the molecule is [Co].[Cu].[Mn].[Pd].[Ru]. The topological polar surface area (TPSA) is 0 Å². The fraction of sp³-hybridized carbons (Fsp3) is 0. The summed E-state index contributed by atoms with van der Waals surface area (Å²) in [6.45, 7) is 0. The van der Waals surface area contributed by atoms with Gasteiger partial charge >= 0.3 is 0 Å². The van der Waals surface area contributed by atoms with Gasteiger partial charge in [0.1, 0.15) is 0 Å². The first kappa shape index (κ1) is 45.6. The van der Waals surface area contributed by atoms with Gasteiger partial charge in [-0.3, -0.25) is 0 Å². The zero-order valence-electron chi connectivity index (χ0n) is 1.68. The van der Waals surface area contributed by atoms with Gasteiger partial charge in [-0.25, -0.2) is 0 Å². The van der Waals surface area contributed by atoms with Crippen molar-refractivity contribution in [1.29, 1.82) is 0 Å².